The van der Waals surface area contributed by atoms with Crippen molar-refractivity contribution in [2.24, 2.45) is 0 Å². The number of carbonyl (C=O) groups excluding carboxylic acids is 2. The van der Waals surface area contributed by atoms with Gasteiger partial charge in [-0.1, -0.05) is 42.5 Å². The van der Waals surface area contributed by atoms with E-state index in [-0.39, 0.29) is 5.82 Å². The van der Waals surface area contributed by atoms with Crippen molar-refractivity contribution < 1.29 is 9.59 Å². The van der Waals surface area contributed by atoms with Crippen LogP contribution in [0.5, 0.6) is 0 Å². The molecule has 7 heteroatoms. The molecular formula is C22H17N5O2. The smallest absolute Gasteiger partial charge is 0.266 e. The third-order valence-electron chi connectivity index (χ3n) is 4.37. The zero-order valence-electron chi connectivity index (χ0n) is 15.5. The van der Waals surface area contributed by atoms with Crippen molar-refractivity contribution in [3.8, 4) is 0 Å². The molecule has 0 aliphatic heterocycles. The van der Waals surface area contributed by atoms with Crippen LogP contribution in [0.4, 0.5) is 5.82 Å². The number of rotatable bonds is 5. The van der Waals surface area contributed by atoms with Gasteiger partial charge in [-0.15, -0.1) is 6.58 Å². The van der Waals surface area contributed by atoms with Crippen molar-refractivity contribution in [1.29, 1.82) is 0 Å². The predicted octanol–water partition coefficient (Wildman–Crippen LogP) is 3.50. The maximum atomic E-state index is 13.3. The summed E-state index contributed by atoms with van der Waals surface area (Å²) in [6.45, 7) is 4.22. The summed E-state index contributed by atoms with van der Waals surface area (Å²) in [5, 5.41) is 0. The van der Waals surface area contributed by atoms with Gasteiger partial charge >= 0.3 is 0 Å². The number of amides is 2. The monoisotopic (exact) mass is 383 g/mol. The third kappa shape index (κ3) is 3.41. The maximum absolute atomic E-state index is 13.3. The van der Waals surface area contributed by atoms with Gasteiger partial charge in [0.2, 0.25) is 0 Å². The fourth-order valence-electron chi connectivity index (χ4n) is 3.01. The number of aromatic nitrogens is 4. The largest absolute Gasteiger partial charge is 0.311 e. The number of benzene rings is 2. The predicted molar refractivity (Wildman–Crippen MR) is 110 cm³/mol. The normalized spacial score (nSPS) is 10.6. The number of imide groups is 1. The van der Waals surface area contributed by atoms with Crippen LogP contribution in [0.3, 0.4) is 0 Å². The first-order valence-corrected chi connectivity index (χ1v) is 8.96. The number of carbonyl (C=O) groups is 2. The van der Waals surface area contributed by atoms with Crippen LogP contribution in [0.1, 0.15) is 20.7 Å². The van der Waals surface area contributed by atoms with Crippen LogP contribution in [0.25, 0.3) is 11.2 Å². The van der Waals surface area contributed by atoms with E-state index in [2.05, 4.69) is 21.5 Å². The standard InChI is InChI=1S/C22H17N5O2/c1-2-13-26-15-25-18-19(26)23-14-24-20(18)27(21(28)16-9-5-3-6-10-16)22(29)17-11-7-4-8-12-17/h2-12,14-15H,1,13H2. The first-order chi connectivity index (χ1) is 14.2. The van der Waals surface area contributed by atoms with E-state index >= 15 is 0 Å². The van der Waals surface area contributed by atoms with Gasteiger partial charge in [0.05, 0.1) is 6.33 Å². The molecule has 2 heterocycles. The molecule has 0 fully saturated rings. The van der Waals surface area contributed by atoms with Gasteiger partial charge in [-0.2, -0.15) is 0 Å². The third-order valence-corrected chi connectivity index (χ3v) is 4.37. The molecule has 0 bridgehead atoms. The molecule has 2 amide bonds. The van der Waals surface area contributed by atoms with Crippen LogP contribution in [-0.4, -0.2) is 31.3 Å². The molecule has 4 rings (SSSR count). The van der Waals surface area contributed by atoms with Gasteiger partial charge in [-0.05, 0) is 24.3 Å². The summed E-state index contributed by atoms with van der Waals surface area (Å²) in [4.78, 5) is 40.6. The number of allylic oxidation sites excluding steroid dienone is 1. The molecule has 2 aromatic heterocycles. The Balaban J connectivity index is 1.89. The van der Waals surface area contributed by atoms with E-state index < -0.39 is 11.8 Å². The van der Waals surface area contributed by atoms with Crippen LogP contribution < -0.4 is 4.90 Å². The lowest BCUT2D eigenvalue weighted by atomic mass is 10.1. The van der Waals surface area contributed by atoms with Crippen molar-refractivity contribution in [3.05, 3.63) is 97.1 Å². The Kier molecular flexibility index (Phi) is 4.94. The van der Waals surface area contributed by atoms with Gasteiger partial charge < -0.3 is 4.57 Å². The van der Waals surface area contributed by atoms with Crippen molar-refractivity contribution >= 4 is 28.8 Å². The van der Waals surface area contributed by atoms with E-state index in [9.17, 15) is 9.59 Å². The molecule has 0 saturated heterocycles. The van der Waals surface area contributed by atoms with E-state index in [1.807, 2.05) is 0 Å². The molecule has 0 N–H and O–H groups in total. The highest BCUT2D eigenvalue weighted by Gasteiger charge is 2.29. The first kappa shape index (κ1) is 18.2. The minimum absolute atomic E-state index is 0.139. The quantitative estimate of drug-likeness (QED) is 0.389. The minimum Gasteiger partial charge on any atom is -0.311 e. The highest BCUT2D eigenvalue weighted by Crippen LogP contribution is 2.25. The Morgan fingerprint density at radius 2 is 1.48 bits per heavy atom. The van der Waals surface area contributed by atoms with Crippen LogP contribution >= 0.6 is 0 Å². The summed E-state index contributed by atoms with van der Waals surface area (Å²) in [5.74, 6) is -0.837. The molecule has 0 unspecified atom stereocenters. The average molecular weight is 383 g/mol. The molecule has 2 aromatic carbocycles. The maximum Gasteiger partial charge on any atom is 0.266 e. The summed E-state index contributed by atoms with van der Waals surface area (Å²) >= 11 is 0. The molecule has 0 saturated carbocycles. The Bertz CT molecular complexity index is 1130. The highest BCUT2D eigenvalue weighted by atomic mass is 16.2. The van der Waals surface area contributed by atoms with Crippen LogP contribution in [0.2, 0.25) is 0 Å². The summed E-state index contributed by atoms with van der Waals surface area (Å²) in [6, 6.07) is 17.2. The molecule has 142 valence electrons. The molecule has 0 aliphatic rings. The van der Waals surface area contributed by atoms with Crippen molar-refractivity contribution in [3.63, 3.8) is 0 Å². The Hall–Kier alpha value is -4.13. The minimum atomic E-state index is -0.488. The zero-order chi connectivity index (χ0) is 20.2. The van der Waals surface area contributed by atoms with Gasteiger partial charge in [0.15, 0.2) is 17.0 Å². The van der Waals surface area contributed by atoms with E-state index in [0.29, 0.717) is 28.8 Å². The Labute approximate surface area is 167 Å². The van der Waals surface area contributed by atoms with Crippen molar-refractivity contribution in [2.75, 3.05) is 4.90 Å². The summed E-state index contributed by atoms with van der Waals surface area (Å²) < 4.78 is 1.77. The number of fused-ring (bicyclic) bond motifs is 1. The Morgan fingerprint density at radius 1 is 0.897 bits per heavy atom. The first-order valence-electron chi connectivity index (χ1n) is 8.96. The fourth-order valence-corrected chi connectivity index (χ4v) is 3.01. The van der Waals surface area contributed by atoms with Gasteiger partial charge in [-0.25, -0.2) is 19.9 Å². The number of nitrogens with zero attached hydrogens (tertiary/aromatic N) is 5. The molecule has 0 radical (unpaired) electrons. The topological polar surface area (TPSA) is 81.0 Å². The van der Waals surface area contributed by atoms with Gasteiger partial charge in [0.25, 0.3) is 11.8 Å². The highest BCUT2D eigenvalue weighted by molar-refractivity contribution is 6.27. The SMILES string of the molecule is C=CCn1cnc2c(N(C(=O)c3ccccc3)C(=O)c3ccccc3)ncnc21. The van der Waals surface area contributed by atoms with Crippen molar-refractivity contribution in [2.45, 2.75) is 6.54 Å². The van der Waals surface area contributed by atoms with Gasteiger partial charge in [-0.3, -0.25) is 9.59 Å². The number of anilines is 1. The summed E-state index contributed by atoms with van der Waals surface area (Å²) in [6.07, 6.45) is 4.62. The second-order valence-corrected chi connectivity index (χ2v) is 6.23. The van der Waals surface area contributed by atoms with Crippen LogP contribution in [0.15, 0.2) is 86.0 Å². The lowest BCUT2D eigenvalue weighted by Crippen LogP contribution is -2.38. The molecule has 0 spiro atoms. The second kappa shape index (κ2) is 7.85. The molecule has 4 aromatic rings. The van der Waals surface area contributed by atoms with Gasteiger partial charge in [0.1, 0.15) is 6.33 Å². The zero-order valence-corrected chi connectivity index (χ0v) is 15.5. The molecule has 29 heavy (non-hydrogen) atoms. The Morgan fingerprint density at radius 3 is 2.03 bits per heavy atom. The van der Waals surface area contributed by atoms with E-state index in [0.717, 1.165) is 4.90 Å². The van der Waals surface area contributed by atoms with Gasteiger partial charge in [0, 0.05) is 17.7 Å². The summed E-state index contributed by atoms with van der Waals surface area (Å²) in [5.41, 5.74) is 1.62. The lowest BCUT2D eigenvalue weighted by molar-refractivity contribution is 0.0897. The van der Waals surface area contributed by atoms with Crippen molar-refractivity contribution in [1.82, 2.24) is 19.5 Å². The lowest BCUT2D eigenvalue weighted by Gasteiger charge is -2.20. The number of hydrogen-bond acceptors (Lipinski definition) is 5. The number of imidazole rings is 1. The molecule has 0 atom stereocenters. The molecular weight excluding hydrogens is 366 g/mol. The summed E-state index contributed by atoms with van der Waals surface area (Å²) in [7, 11) is 0. The van der Waals surface area contributed by atoms with E-state index in [4.69, 9.17) is 0 Å². The van der Waals surface area contributed by atoms with Crippen LogP contribution in [0, 0.1) is 0 Å². The van der Waals surface area contributed by atoms with Crippen LogP contribution in [-0.2, 0) is 6.54 Å². The fraction of sp³-hybridized carbons (Fsp3) is 0.0455. The van der Waals surface area contributed by atoms with E-state index in [1.165, 1.54) is 6.33 Å². The molecule has 7 nitrogen and oxygen atoms in total. The van der Waals surface area contributed by atoms with E-state index in [1.54, 1.807) is 77.6 Å². The second-order valence-electron chi connectivity index (χ2n) is 6.23. The molecule has 0 aliphatic carbocycles. The number of hydrogen-bond donors (Lipinski definition) is 0. The average Bonchev–Trinajstić information content (AvgIpc) is 3.19.